The number of hydrogen-bond acceptors (Lipinski definition) is 3. The molecule has 1 atom stereocenters. The lowest BCUT2D eigenvalue weighted by Crippen LogP contribution is -2.30. The van der Waals surface area contributed by atoms with E-state index in [4.69, 9.17) is 11.6 Å². The highest BCUT2D eigenvalue weighted by Crippen LogP contribution is 2.20. The molecule has 0 aliphatic heterocycles. The summed E-state index contributed by atoms with van der Waals surface area (Å²) < 4.78 is 3.77. The Morgan fingerprint density at radius 1 is 1.47 bits per heavy atom. The third-order valence-electron chi connectivity index (χ3n) is 3.14. The van der Waals surface area contributed by atoms with E-state index in [0.717, 1.165) is 29.4 Å². The van der Waals surface area contributed by atoms with Crippen LogP contribution in [-0.4, -0.2) is 25.6 Å². The lowest BCUT2D eigenvalue weighted by Gasteiger charge is -2.14. The van der Waals surface area contributed by atoms with Crippen LogP contribution in [-0.2, 0) is 26.6 Å². The topological polar surface area (TPSA) is 47.7 Å². The van der Waals surface area contributed by atoms with Gasteiger partial charge in [-0.25, -0.2) is 0 Å². The van der Waals surface area contributed by atoms with Crippen molar-refractivity contribution in [2.24, 2.45) is 7.05 Å². The molecule has 5 nitrogen and oxygen atoms in total. The molecule has 0 aliphatic carbocycles. The number of rotatable bonds is 6. The van der Waals surface area contributed by atoms with Gasteiger partial charge in [-0.15, -0.1) is 0 Å². The second-order valence-electron chi connectivity index (χ2n) is 4.69. The third-order valence-corrected chi connectivity index (χ3v) is 3.58. The normalized spacial score (nSPS) is 12.8. The SMILES string of the molecule is CCc1nn(C)c(CNC(C)Cn2cccn2)c1Cl. The molecule has 0 aromatic carbocycles. The average Bonchev–Trinajstić information content (AvgIpc) is 2.96. The Kier molecular flexibility index (Phi) is 4.61. The van der Waals surface area contributed by atoms with Gasteiger partial charge in [0.2, 0.25) is 0 Å². The summed E-state index contributed by atoms with van der Waals surface area (Å²) in [7, 11) is 1.93. The van der Waals surface area contributed by atoms with E-state index >= 15 is 0 Å². The number of aryl methyl sites for hydroxylation is 2. The van der Waals surface area contributed by atoms with Crippen LogP contribution in [0.15, 0.2) is 18.5 Å². The fraction of sp³-hybridized carbons (Fsp3) is 0.538. The minimum atomic E-state index is 0.316. The Balaban J connectivity index is 1.93. The van der Waals surface area contributed by atoms with Crippen LogP contribution < -0.4 is 5.32 Å². The largest absolute Gasteiger partial charge is 0.307 e. The fourth-order valence-corrected chi connectivity index (χ4v) is 2.40. The van der Waals surface area contributed by atoms with Crippen molar-refractivity contribution < 1.29 is 0 Å². The summed E-state index contributed by atoms with van der Waals surface area (Å²) in [6, 6.07) is 2.24. The Morgan fingerprint density at radius 3 is 2.84 bits per heavy atom. The van der Waals surface area contributed by atoms with Crippen molar-refractivity contribution >= 4 is 11.6 Å². The van der Waals surface area contributed by atoms with Crippen LogP contribution >= 0.6 is 11.6 Å². The maximum Gasteiger partial charge on any atom is 0.0863 e. The van der Waals surface area contributed by atoms with Gasteiger partial charge in [0.1, 0.15) is 0 Å². The maximum atomic E-state index is 6.32. The summed E-state index contributed by atoms with van der Waals surface area (Å²) in [5.74, 6) is 0. The van der Waals surface area contributed by atoms with E-state index in [1.165, 1.54) is 0 Å². The minimum absolute atomic E-state index is 0.316. The summed E-state index contributed by atoms with van der Waals surface area (Å²) in [6.07, 6.45) is 4.61. The molecule has 0 fully saturated rings. The molecule has 0 saturated carbocycles. The molecule has 0 saturated heterocycles. The van der Waals surface area contributed by atoms with Crippen molar-refractivity contribution in [2.45, 2.75) is 39.4 Å². The summed E-state index contributed by atoms with van der Waals surface area (Å²) in [6.45, 7) is 5.74. The van der Waals surface area contributed by atoms with Gasteiger partial charge >= 0.3 is 0 Å². The van der Waals surface area contributed by atoms with Crippen LogP contribution in [0.25, 0.3) is 0 Å². The first kappa shape index (κ1) is 14.1. The first-order valence-electron chi connectivity index (χ1n) is 6.52. The average molecular weight is 282 g/mol. The van der Waals surface area contributed by atoms with Crippen molar-refractivity contribution in [3.8, 4) is 0 Å². The molecule has 0 bridgehead atoms. The van der Waals surface area contributed by atoms with Crippen LogP contribution in [0.2, 0.25) is 5.02 Å². The summed E-state index contributed by atoms with van der Waals surface area (Å²) in [5, 5.41) is 12.8. The van der Waals surface area contributed by atoms with Crippen LogP contribution in [0.3, 0.4) is 0 Å². The predicted octanol–water partition coefficient (Wildman–Crippen LogP) is 2.01. The zero-order valence-electron chi connectivity index (χ0n) is 11.6. The van der Waals surface area contributed by atoms with Gasteiger partial charge in [0, 0.05) is 32.0 Å². The van der Waals surface area contributed by atoms with Crippen LogP contribution in [0.5, 0.6) is 0 Å². The van der Waals surface area contributed by atoms with Crippen molar-refractivity contribution in [2.75, 3.05) is 0 Å². The van der Waals surface area contributed by atoms with Crippen molar-refractivity contribution in [1.29, 1.82) is 0 Å². The van der Waals surface area contributed by atoms with Gasteiger partial charge in [-0.3, -0.25) is 9.36 Å². The Hall–Kier alpha value is -1.33. The van der Waals surface area contributed by atoms with E-state index < -0.39 is 0 Å². The Labute approximate surface area is 118 Å². The van der Waals surface area contributed by atoms with E-state index in [2.05, 4.69) is 29.4 Å². The highest BCUT2D eigenvalue weighted by Gasteiger charge is 2.13. The molecule has 2 rings (SSSR count). The van der Waals surface area contributed by atoms with Gasteiger partial charge in [-0.05, 0) is 19.4 Å². The van der Waals surface area contributed by atoms with E-state index in [1.807, 2.05) is 28.7 Å². The van der Waals surface area contributed by atoms with Gasteiger partial charge < -0.3 is 5.32 Å². The number of halogens is 1. The molecule has 0 radical (unpaired) electrons. The van der Waals surface area contributed by atoms with Crippen LogP contribution in [0.1, 0.15) is 25.2 Å². The molecule has 0 aliphatic rings. The highest BCUT2D eigenvalue weighted by atomic mass is 35.5. The predicted molar refractivity (Wildman–Crippen MR) is 76.1 cm³/mol. The van der Waals surface area contributed by atoms with Crippen molar-refractivity contribution in [1.82, 2.24) is 24.9 Å². The molecular weight excluding hydrogens is 262 g/mol. The smallest absolute Gasteiger partial charge is 0.0863 e. The Bertz CT molecular complexity index is 517. The summed E-state index contributed by atoms with van der Waals surface area (Å²) >= 11 is 6.32. The van der Waals surface area contributed by atoms with Crippen molar-refractivity contribution in [3.05, 3.63) is 34.9 Å². The summed E-state index contributed by atoms with van der Waals surface area (Å²) in [4.78, 5) is 0. The van der Waals surface area contributed by atoms with Crippen molar-refractivity contribution in [3.63, 3.8) is 0 Å². The van der Waals surface area contributed by atoms with Gasteiger partial charge in [0.15, 0.2) is 0 Å². The summed E-state index contributed by atoms with van der Waals surface area (Å²) in [5.41, 5.74) is 1.99. The number of hydrogen-bond donors (Lipinski definition) is 1. The first-order chi connectivity index (χ1) is 9.11. The lowest BCUT2D eigenvalue weighted by atomic mass is 10.2. The molecule has 2 aromatic rings. The minimum Gasteiger partial charge on any atom is -0.307 e. The quantitative estimate of drug-likeness (QED) is 0.881. The van der Waals surface area contributed by atoms with Crippen LogP contribution in [0.4, 0.5) is 0 Å². The lowest BCUT2D eigenvalue weighted by molar-refractivity contribution is 0.443. The van der Waals surface area contributed by atoms with Crippen LogP contribution in [0, 0.1) is 0 Å². The zero-order valence-corrected chi connectivity index (χ0v) is 12.4. The first-order valence-corrected chi connectivity index (χ1v) is 6.90. The fourth-order valence-electron chi connectivity index (χ4n) is 2.04. The van der Waals surface area contributed by atoms with E-state index in [1.54, 1.807) is 6.20 Å². The molecule has 0 spiro atoms. The molecule has 19 heavy (non-hydrogen) atoms. The molecule has 2 heterocycles. The Morgan fingerprint density at radius 2 is 2.26 bits per heavy atom. The molecule has 1 unspecified atom stereocenters. The molecule has 6 heteroatoms. The molecule has 1 N–H and O–H groups in total. The van der Waals surface area contributed by atoms with E-state index in [-0.39, 0.29) is 0 Å². The number of aromatic nitrogens is 4. The molecule has 2 aromatic heterocycles. The standard InChI is InChI=1S/C13H20ClN5/c1-4-11-13(14)12(18(3)17-11)8-15-10(2)9-19-7-5-6-16-19/h5-7,10,15H,4,8-9H2,1-3H3. The van der Waals surface area contributed by atoms with Gasteiger partial charge in [-0.1, -0.05) is 18.5 Å². The van der Waals surface area contributed by atoms with E-state index in [9.17, 15) is 0 Å². The third kappa shape index (κ3) is 3.36. The number of nitrogens with one attached hydrogen (secondary N) is 1. The maximum absolute atomic E-state index is 6.32. The number of nitrogens with zero attached hydrogens (tertiary/aromatic N) is 4. The zero-order chi connectivity index (χ0) is 13.8. The van der Waals surface area contributed by atoms with Gasteiger partial charge in [0.05, 0.1) is 23.0 Å². The second kappa shape index (κ2) is 6.21. The monoisotopic (exact) mass is 281 g/mol. The molecule has 0 amide bonds. The van der Waals surface area contributed by atoms with Gasteiger partial charge in [0.25, 0.3) is 0 Å². The second-order valence-corrected chi connectivity index (χ2v) is 5.07. The highest BCUT2D eigenvalue weighted by molar-refractivity contribution is 6.31. The molecule has 104 valence electrons. The van der Waals surface area contributed by atoms with E-state index in [0.29, 0.717) is 12.6 Å². The molecular formula is C13H20ClN5. The van der Waals surface area contributed by atoms with Gasteiger partial charge in [-0.2, -0.15) is 10.2 Å².